The molecule has 0 spiro atoms. The predicted octanol–water partition coefficient (Wildman–Crippen LogP) is 3.30. The van der Waals surface area contributed by atoms with E-state index in [2.05, 4.69) is 5.32 Å². The Hall–Kier alpha value is -3.39. The molecule has 7 nitrogen and oxygen atoms in total. The van der Waals surface area contributed by atoms with E-state index in [0.717, 1.165) is 12.0 Å². The number of anilines is 1. The molecule has 1 saturated heterocycles. The molecular weight excluding hydrogens is 378 g/mol. The lowest BCUT2D eigenvalue weighted by Crippen LogP contribution is -2.54. The average Bonchev–Trinajstić information content (AvgIpc) is 2.66. The number of hydrogen-bond donors (Lipinski definition) is 1. The molecule has 0 bridgehead atoms. The van der Waals surface area contributed by atoms with Crippen molar-refractivity contribution in [3.63, 3.8) is 0 Å². The predicted molar refractivity (Wildman–Crippen MR) is 110 cm³/mol. The van der Waals surface area contributed by atoms with E-state index < -0.39 is 16.7 Å². The van der Waals surface area contributed by atoms with Gasteiger partial charge in [-0.25, -0.2) is 0 Å². The topological polar surface area (TPSA) is 92.6 Å². The highest BCUT2D eigenvalue weighted by Crippen LogP contribution is 2.25. The van der Waals surface area contributed by atoms with Gasteiger partial charge in [-0.3, -0.25) is 29.9 Å². The van der Waals surface area contributed by atoms with Gasteiger partial charge in [-0.05, 0) is 54.9 Å². The van der Waals surface area contributed by atoms with Crippen molar-refractivity contribution in [3.05, 3.63) is 74.8 Å². The maximum Gasteiger partial charge on any atom is 0.272 e. The van der Waals surface area contributed by atoms with Crippen molar-refractivity contribution in [3.8, 4) is 0 Å². The number of aryl methyl sites for hydroxylation is 2. The lowest BCUT2D eigenvalue weighted by molar-refractivity contribution is -0.385. The molecule has 0 saturated carbocycles. The monoisotopic (exact) mass is 395 g/mol. The number of hydrogen-bond acceptors (Lipinski definition) is 5. The Morgan fingerprint density at radius 1 is 1.18 bits per heavy atom. The Labute approximate surface area is 166 Å². The van der Waals surface area contributed by atoms with E-state index in [1.807, 2.05) is 19.1 Å². The quantitative estimate of drug-likeness (QED) is 0.282. The number of carbonyl (C=O) groups excluding carboxylic acids is 2. The van der Waals surface area contributed by atoms with E-state index >= 15 is 0 Å². The lowest BCUT2D eigenvalue weighted by Gasteiger charge is -2.29. The standard InChI is InChI=1S/C20H17N3O4S/c1-3-13-6-8-15(9-7-13)22-19(25)16(18(24)21-20(22)28)10-14-5-4-12(2)17(11-14)23(26)27/h4-11H,3H2,1-2H3,(H,21,24,28)/b16-10+. The number of thiocarbonyl (C=S) groups is 1. The molecule has 1 aliphatic rings. The molecule has 2 aromatic carbocycles. The van der Waals surface area contributed by atoms with Crippen LogP contribution in [0.3, 0.4) is 0 Å². The average molecular weight is 395 g/mol. The summed E-state index contributed by atoms with van der Waals surface area (Å²) in [7, 11) is 0. The third-order valence-corrected chi connectivity index (χ3v) is 4.73. The molecule has 142 valence electrons. The second kappa shape index (κ2) is 7.69. The van der Waals surface area contributed by atoms with Gasteiger partial charge in [0.1, 0.15) is 5.57 Å². The second-order valence-corrected chi connectivity index (χ2v) is 6.67. The summed E-state index contributed by atoms with van der Waals surface area (Å²) in [6.45, 7) is 3.64. The summed E-state index contributed by atoms with van der Waals surface area (Å²) >= 11 is 5.17. The van der Waals surface area contributed by atoms with E-state index in [0.29, 0.717) is 16.8 Å². The minimum Gasteiger partial charge on any atom is -0.298 e. The number of benzene rings is 2. The van der Waals surface area contributed by atoms with E-state index in [-0.39, 0.29) is 16.4 Å². The molecule has 3 rings (SSSR count). The van der Waals surface area contributed by atoms with Crippen LogP contribution in [0.15, 0.2) is 48.0 Å². The van der Waals surface area contributed by atoms with Crippen LogP contribution >= 0.6 is 12.2 Å². The number of nitrogens with zero attached hydrogens (tertiary/aromatic N) is 2. The molecule has 1 N–H and O–H groups in total. The number of rotatable bonds is 4. The number of nitro groups is 1. The van der Waals surface area contributed by atoms with Crippen molar-refractivity contribution in [2.24, 2.45) is 0 Å². The molecular formula is C20H17N3O4S. The van der Waals surface area contributed by atoms with Gasteiger partial charge in [0.2, 0.25) is 0 Å². The van der Waals surface area contributed by atoms with Crippen LogP contribution in [-0.2, 0) is 16.0 Å². The molecule has 8 heteroatoms. The third-order valence-electron chi connectivity index (χ3n) is 4.45. The number of carbonyl (C=O) groups is 2. The molecule has 1 aliphatic heterocycles. The highest BCUT2D eigenvalue weighted by Gasteiger charge is 2.34. The fraction of sp³-hybridized carbons (Fsp3) is 0.150. The summed E-state index contributed by atoms with van der Waals surface area (Å²) in [5.41, 5.74) is 2.28. The zero-order valence-electron chi connectivity index (χ0n) is 15.3. The highest BCUT2D eigenvalue weighted by molar-refractivity contribution is 7.80. The summed E-state index contributed by atoms with van der Waals surface area (Å²) in [4.78, 5) is 37.2. The molecule has 2 aromatic rings. The Balaban J connectivity index is 2.01. The van der Waals surface area contributed by atoms with Crippen LogP contribution in [0.2, 0.25) is 0 Å². The van der Waals surface area contributed by atoms with Crippen LogP contribution in [0.5, 0.6) is 0 Å². The Morgan fingerprint density at radius 3 is 2.46 bits per heavy atom. The summed E-state index contributed by atoms with van der Waals surface area (Å²) < 4.78 is 0. The van der Waals surface area contributed by atoms with Crippen LogP contribution in [-0.4, -0.2) is 21.9 Å². The van der Waals surface area contributed by atoms with Gasteiger partial charge in [0.15, 0.2) is 5.11 Å². The smallest absolute Gasteiger partial charge is 0.272 e. The zero-order valence-corrected chi connectivity index (χ0v) is 16.1. The van der Waals surface area contributed by atoms with Gasteiger partial charge in [0.25, 0.3) is 17.5 Å². The molecule has 1 fully saturated rings. The molecule has 0 unspecified atom stereocenters. The molecule has 0 aromatic heterocycles. The summed E-state index contributed by atoms with van der Waals surface area (Å²) in [5, 5.41) is 13.6. The van der Waals surface area contributed by atoms with Gasteiger partial charge in [-0.15, -0.1) is 0 Å². The van der Waals surface area contributed by atoms with Crippen LogP contribution in [0.1, 0.15) is 23.6 Å². The van der Waals surface area contributed by atoms with Crippen molar-refractivity contribution in [1.29, 1.82) is 0 Å². The van der Waals surface area contributed by atoms with Crippen molar-refractivity contribution in [2.75, 3.05) is 4.90 Å². The normalized spacial score (nSPS) is 15.7. The van der Waals surface area contributed by atoms with Gasteiger partial charge >= 0.3 is 0 Å². The fourth-order valence-electron chi connectivity index (χ4n) is 2.85. The number of amides is 2. The minimum atomic E-state index is -0.639. The summed E-state index contributed by atoms with van der Waals surface area (Å²) in [5.74, 6) is -1.22. The van der Waals surface area contributed by atoms with Gasteiger partial charge in [0, 0.05) is 11.6 Å². The Bertz CT molecular complexity index is 1030. The molecule has 28 heavy (non-hydrogen) atoms. The zero-order chi connectivity index (χ0) is 20.4. The molecule has 0 atom stereocenters. The van der Waals surface area contributed by atoms with Gasteiger partial charge < -0.3 is 0 Å². The first-order valence-corrected chi connectivity index (χ1v) is 8.98. The van der Waals surface area contributed by atoms with Crippen molar-refractivity contribution >= 4 is 46.6 Å². The van der Waals surface area contributed by atoms with E-state index in [1.165, 1.54) is 17.0 Å². The first kappa shape index (κ1) is 19.4. The van der Waals surface area contributed by atoms with Crippen molar-refractivity contribution in [2.45, 2.75) is 20.3 Å². The summed E-state index contributed by atoms with van der Waals surface area (Å²) in [6, 6.07) is 11.8. The number of nitro benzene ring substituents is 1. The SMILES string of the molecule is CCc1ccc(N2C(=O)/C(=C/c3ccc(C)c([N+](=O)[O-])c3)C(=O)NC2=S)cc1. The van der Waals surface area contributed by atoms with Crippen LogP contribution in [0, 0.1) is 17.0 Å². The maximum absolute atomic E-state index is 13.0. The highest BCUT2D eigenvalue weighted by atomic mass is 32.1. The van der Waals surface area contributed by atoms with E-state index in [4.69, 9.17) is 12.2 Å². The van der Waals surface area contributed by atoms with Crippen molar-refractivity contribution < 1.29 is 14.5 Å². The lowest BCUT2D eigenvalue weighted by atomic mass is 10.0. The third kappa shape index (κ3) is 3.67. The fourth-order valence-corrected chi connectivity index (χ4v) is 3.13. The van der Waals surface area contributed by atoms with E-state index in [1.54, 1.807) is 31.2 Å². The molecule has 0 radical (unpaired) electrons. The summed E-state index contributed by atoms with van der Waals surface area (Å²) in [6.07, 6.45) is 2.19. The van der Waals surface area contributed by atoms with Crippen LogP contribution in [0.4, 0.5) is 11.4 Å². The van der Waals surface area contributed by atoms with Gasteiger partial charge in [-0.1, -0.05) is 31.2 Å². The first-order chi connectivity index (χ1) is 13.3. The molecule has 2 amide bonds. The van der Waals surface area contributed by atoms with Crippen molar-refractivity contribution in [1.82, 2.24) is 5.32 Å². The molecule has 1 heterocycles. The minimum absolute atomic E-state index is 0.00807. The van der Waals surface area contributed by atoms with Crippen LogP contribution < -0.4 is 10.2 Å². The first-order valence-electron chi connectivity index (χ1n) is 8.57. The van der Waals surface area contributed by atoms with Crippen LogP contribution in [0.25, 0.3) is 6.08 Å². The van der Waals surface area contributed by atoms with E-state index in [9.17, 15) is 19.7 Å². The second-order valence-electron chi connectivity index (χ2n) is 6.28. The maximum atomic E-state index is 13.0. The van der Waals surface area contributed by atoms with Gasteiger partial charge in [-0.2, -0.15) is 0 Å². The largest absolute Gasteiger partial charge is 0.298 e. The number of nitrogens with one attached hydrogen (secondary N) is 1. The Morgan fingerprint density at radius 2 is 1.86 bits per heavy atom. The van der Waals surface area contributed by atoms with Gasteiger partial charge in [0.05, 0.1) is 10.6 Å². The molecule has 0 aliphatic carbocycles. The Kier molecular flexibility index (Phi) is 5.32.